The van der Waals surface area contributed by atoms with Gasteiger partial charge in [0.05, 0.1) is 12.1 Å². The minimum atomic E-state index is -0.0296. The summed E-state index contributed by atoms with van der Waals surface area (Å²) in [5.74, 6) is 0.961. The van der Waals surface area contributed by atoms with Crippen LogP contribution in [0, 0.1) is 6.92 Å². The van der Waals surface area contributed by atoms with E-state index in [1.807, 2.05) is 24.2 Å². The zero-order valence-corrected chi connectivity index (χ0v) is 13.5. The van der Waals surface area contributed by atoms with Crippen molar-refractivity contribution in [3.63, 3.8) is 0 Å². The van der Waals surface area contributed by atoms with Gasteiger partial charge in [-0.3, -0.25) is 9.78 Å². The predicted molar refractivity (Wildman–Crippen MR) is 85.8 cm³/mol. The summed E-state index contributed by atoms with van der Waals surface area (Å²) in [7, 11) is 1.69. The van der Waals surface area contributed by atoms with Crippen LogP contribution in [0.1, 0.15) is 35.8 Å². The molecule has 1 saturated heterocycles. The first kappa shape index (κ1) is 15.7. The van der Waals surface area contributed by atoms with Crippen molar-refractivity contribution in [3.8, 4) is 0 Å². The fourth-order valence-electron chi connectivity index (χ4n) is 3.11. The Balaban J connectivity index is 1.67. The van der Waals surface area contributed by atoms with E-state index in [-0.39, 0.29) is 18.1 Å². The summed E-state index contributed by atoms with van der Waals surface area (Å²) in [5, 5.41) is 0. The lowest BCUT2D eigenvalue weighted by molar-refractivity contribution is -0.132. The maximum absolute atomic E-state index is 12.7. The number of likely N-dealkylation sites (tertiary alicyclic amines) is 1. The van der Waals surface area contributed by atoms with Gasteiger partial charge in [0.2, 0.25) is 5.91 Å². The molecule has 1 unspecified atom stereocenters. The van der Waals surface area contributed by atoms with Gasteiger partial charge >= 0.3 is 0 Å². The van der Waals surface area contributed by atoms with Crippen LogP contribution in [-0.2, 0) is 16.0 Å². The lowest BCUT2D eigenvalue weighted by Gasteiger charge is -2.23. The van der Waals surface area contributed by atoms with Crippen molar-refractivity contribution in [2.24, 2.45) is 0 Å². The second kappa shape index (κ2) is 6.91. The monoisotopic (exact) mass is 314 g/mol. The molecule has 1 aliphatic heterocycles. The van der Waals surface area contributed by atoms with Gasteiger partial charge in [-0.1, -0.05) is 6.07 Å². The van der Waals surface area contributed by atoms with Crippen LogP contribution in [0.3, 0.4) is 0 Å². The lowest BCUT2D eigenvalue weighted by Crippen LogP contribution is -2.32. The van der Waals surface area contributed by atoms with E-state index < -0.39 is 0 Å². The summed E-state index contributed by atoms with van der Waals surface area (Å²) in [6, 6.07) is 2.05. The molecule has 3 rings (SSSR count). The molecule has 0 aromatic carbocycles. The molecule has 2 aromatic rings. The molecule has 1 N–H and O–H groups in total. The Bertz CT molecular complexity index is 656. The molecule has 0 bridgehead atoms. The Morgan fingerprint density at radius 3 is 3.04 bits per heavy atom. The third kappa shape index (κ3) is 3.59. The van der Waals surface area contributed by atoms with Crippen LogP contribution in [0.4, 0.5) is 0 Å². The number of rotatable bonds is 5. The van der Waals surface area contributed by atoms with E-state index in [1.165, 1.54) is 0 Å². The van der Waals surface area contributed by atoms with Crippen molar-refractivity contribution in [3.05, 3.63) is 47.8 Å². The van der Waals surface area contributed by atoms with Gasteiger partial charge in [-0.05, 0) is 24.5 Å². The quantitative estimate of drug-likeness (QED) is 0.916. The number of hydrogen-bond acceptors (Lipinski definition) is 4. The van der Waals surface area contributed by atoms with Gasteiger partial charge in [0.15, 0.2) is 0 Å². The van der Waals surface area contributed by atoms with Crippen LogP contribution in [-0.4, -0.2) is 45.5 Å². The first-order valence-electron chi connectivity index (χ1n) is 7.89. The molecule has 0 saturated carbocycles. The third-order valence-corrected chi connectivity index (χ3v) is 4.31. The van der Waals surface area contributed by atoms with E-state index in [2.05, 4.69) is 21.0 Å². The second-order valence-electron chi connectivity index (χ2n) is 6.00. The largest absolute Gasteiger partial charge is 0.380 e. The molecule has 2 atom stereocenters. The van der Waals surface area contributed by atoms with E-state index >= 15 is 0 Å². The highest BCUT2D eigenvalue weighted by molar-refractivity contribution is 5.77. The number of methoxy groups -OCH3 is 1. The van der Waals surface area contributed by atoms with E-state index in [0.717, 1.165) is 23.4 Å². The number of aromatic amines is 1. The number of hydrogen-bond donors (Lipinski definition) is 1. The summed E-state index contributed by atoms with van der Waals surface area (Å²) < 4.78 is 5.45. The molecule has 2 aromatic heterocycles. The fourth-order valence-corrected chi connectivity index (χ4v) is 3.11. The SMILES string of the molecule is CO[C@@H]1CC(c2ncc[nH]2)N(C(=O)CCc2cncc(C)c2)C1. The highest BCUT2D eigenvalue weighted by Gasteiger charge is 2.37. The van der Waals surface area contributed by atoms with E-state index in [4.69, 9.17) is 4.74 Å². The third-order valence-electron chi connectivity index (χ3n) is 4.31. The zero-order valence-electron chi connectivity index (χ0n) is 13.5. The molecule has 0 spiro atoms. The molecule has 23 heavy (non-hydrogen) atoms. The van der Waals surface area contributed by atoms with Crippen LogP contribution < -0.4 is 0 Å². The number of H-pyrrole nitrogens is 1. The highest BCUT2D eigenvalue weighted by Crippen LogP contribution is 2.32. The average Bonchev–Trinajstić information content (AvgIpc) is 3.21. The number of aromatic nitrogens is 3. The topological polar surface area (TPSA) is 71.1 Å². The van der Waals surface area contributed by atoms with Crippen molar-refractivity contribution >= 4 is 5.91 Å². The smallest absolute Gasteiger partial charge is 0.223 e. The molecule has 6 nitrogen and oxygen atoms in total. The number of nitrogens with zero attached hydrogens (tertiary/aromatic N) is 3. The van der Waals surface area contributed by atoms with Crippen molar-refractivity contribution in [2.75, 3.05) is 13.7 Å². The number of imidazole rings is 1. The van der Waals surface area contributed by atoms with Crippen LogP contribution in [0.5, 0.6) is 0 Å². The Morgan fingerprint density at radius 1 is 1.48 bits per heavy atom. The van der Waals surface area contributed by atoms with Crippen molar-refractivity contribution in [2.45, 2.75) is 38.3 Å². The Labute approximate surface area is 135 Å². The van der Waals surface area contributed by atoms with Gasteiger partial charge in [-0.25, -0.2) is 4.98 Å². The zero-order chi connectivity index (χ0) is 16.2. The van der Waals surface area contributed by atoms with E-state index in [1.54, 1.807) is 19.5 Å². The normalized spacial score (nSPS) is 20.9. The summed E-state index contributed by atoms with van der Waals surface area (Å²) in [6.45, 7) is 2.63. The van der Waals surface area contributed by atoms with Gasteiger partial charge in [0, 0.05) is 51.3 Å². The van der Waals surface area contributed by atoms with Crippen LogP contribution in [0.15, 0.2) is 30.9 Å². The number of carbonyl (C=O) groups is 1. The van der Waals surface area contributed by atoms with Crippen molar-refractivity contribution in [1.82, 2.24) is 19.9 Å². The molecular formula is C17H22N4O2. The number of pyridine rings is 1. The molecule has 1 aliphatic rings. The molecule has 1 amide bonds. The molecule has 3 heterocycles. The van der Waals surface area contributed by atoms with E-state index in [0.29, 0.717) is 19.4 Å². The standard InChI is InChI=1S/C17H22N4O2/c1-12-7-13(10-18-9-12)3-4-16(22)21-11-14(23-2)8-15(21)17-19-5-6-20-17/h5-7,9-10,14-15H,3-4,8,11H2,1-2H3,(H,19,20)/t14-,15?/m1/s1. The summed E-state index contributed by atoms with van der Waals surface area (Å²) in [5.41, 5.74) is 2.21. The predicted octanol–water partition coefficient (Wildman–Crippen LogP) is 2.03. The summed E-state index contributed by atoms with van der Waals surface area (Å²) >= 11 is 0. The fraction of sp³-hybridized carbons (Fsp3) is 0.471. The molecular weight excluding hydrogens is 292 g/mol. The maximum atomic E-state index is 12.7. The minimum absolute atomic E-state index is 0.0296. The van der Waals surface area contributed by atoms with Gasteiger partial charge in [-0.15, -0.1) is 0 Å². The van der Waals surface area contributed by atoms with Crippen LogP contribution in [0.25, 0.3) is 0 Å². The molecule has 0 aliphatic carbocycles. The number of ether oxygens (including phenoxy) is 1. The summed E-state index contributed by atoms with van der Waals surface area (Å²) in [4.78, 5) is 26.2. The van der Waals surface area contributed by atoms with Gasteiger partial charge in [-0.2, -0.15) is 0 Å². The summed E-state index contributed by atoms with van der Waals surface area (Å²) in [6.07, 6.45) is 9.17. The lowest BCUT2D eigenvalue weighted by atomic mass is 10.1. The highest BCUT2D eigenvalue weighted by atomic mass is 16.5. The first-order chi connectivity index (χ1) is 11.2. The van der Waals surface area contributed by atoms with Crippen LogP contribution >= 0.6 is 0 Å². The average molecular weight is 314 g/mol. The number of aryl methyl sites for hydroxylation is 2. The Kier molecular flexibility index (Phi) is 4.71. The first-order valence-corrected chi connectivity index (χ1v) is 7.89. The Hall–Kier alpha value is -2.21. The van der Waals surface area contributed by atoms with Gasteiger partial charge in [0.1, 0.15) is 5.82 Å². The molecule has 122 valence electrons. The van der Waals surface area contributed by atoms with Crippen LogP contribution in [0.2, 0.25) is 0 Å². The number of amides is 1. The maximum Gasteiger partial charge on any atom is 0.223 e. The molecule has 1 fully saturated rings. The number of nitrogens with one attached hydrogen (secondary N) is 1. The Morgan fingerprint density at radius 2 is 2.35 bits per heavy atom. The van der Waals surface area contributed by atoms with Gasteiger partial charge in [0.25, 0.3) is 0 Å². The van der Waals surface area contributed by atoms with Crippen molar-refractivity contribution < 1.29 is 9.53 Å². The number of carbonyl (C=O) groups excluding carboxylic acids is 1. The second-order valence-corrected chi connectivity index (χ2v) is 6.00. The van der Waals surface area contributed by atoms with E-state index in [9.17, 15) is 4.79 Å². The minimum Gasteiger partial charge on any atom is -0.380 e. The van der Waals surface area contributed by atoms with Gasteiger partial charge < -0.3 is 14.6 Å². The molecule has 6 heteroatoms. The molecule has 0 radical (unpaired) electrons. The van der Waals surface area contributed by atoms with Crippen molar-refractivity contribution in [1.29, 1.82) is 0 Å².